The van der Waals surface area contributed by atoms with Gasteiger partial charge in [0.15, 0.2) is 0 Å². The number of para-hydroxylation sites is 3. The highest BCUT2D eigenvalue weighted by atomic mass is 16.5. The molecule has 0 saturated heterocycles. The van der Waals surface area contributed by atoms with Crippen LogP contribution in [0.3, 0.4) is 0 Å². The Bertz CT molecular complexity index is 735. The number of benzene rings is 3. The van der Waals surface area contributed by atoms with Gasteiger partial charge in [-0.15, -0.1) is 0 Å². The molecule has 25 heavy (non-hydrogen) atoms. The normalized spacial score (nSPS) is 11.8. The molecule has 1 unspecified atom stereocenters. The third-order valence-electron chi connectivity index (χ3n) is 4.05. The van der Waals surface area contributed by atoms with Gasteiger partial charge in [0.05, 0.1) is 6.54 Å². The first-order chi connectivity index (χ1) is 12.2. The molecule has 0 aliphatic heterocycles. The fourth-order valence-corrected chi connectivity index (χ4v) is 2.74. The first kappa shape index (κ1) is 17.1. The molecule has 0 amide bonds. The predicted molar refractivity (Wildman–Crippen MR) is 103 cm³/mol. The molecule has 0 heterocycles. The molecule has 0 fully saturated rings. The van der Waals surface area contributed by atoms with E-state index in [0.717, 1.165) is 22.7 Å². The van der Waals surface area contributed by atoms with Gasteiger partial charge in [0.25, 0.3) is 0 Å². The number of aliphatic hydroxyl groups is 1. The molecule has 0 aromatic heterocycles. The number of aryl methyl sites for hydroxylation is 1. The van der Waals surface area contributed by atoms with Gasteiger partial charge in [-0.25, -0.2) is 0 Å². The van der Waals surface area contributed by atoms with Crippen LogP contribution in [0, 0.1) is 6.92 Å². The second kappa shape index (κ2) is 8.36. The SMILES string of the molecule is Cc1ccccc1OCC(O)CN(c1ccccc1)c1ccccc1. The second-order valence-corrected chi connectivity index (χ2v) is 6.01. The summed E-state index contributed by atoms with van der Waals surface area (Å²) in [7, 11) is 0. The lowest BCUT2D eigenvalue weighted by Crippen LogP contribution is -2.32. The number of aliphatic hydroxyl groups excluding tert-OH is 1. The summed E-state index contributed by atoms with van der Waals surface area (Å²) in [6, 6.07) is 28.0. The lowest BCUT2D eigenvalue weighted by atomic mass is 10.2. The van der Waals surface area contributed by atoms with Gasteiger partial charge >= 0.3 is 0 Å². The highest BCUT2D eigenvalue weighted by Gasteiger charge is 2.15. The minimum Gasteiger partial charge on any atom is -0.491 e. The van der Waals surface area contributed by atoms with Gasteiger partial charge in [-0.1, -0.05) is 54.6 Å². The molecular formula is C22H23NO2. The topological polar surface area (TPSA) is 32.7 Å². The van der Waals surface area contributed by atoms with Crippen molar-refractivity contribution < 1.29 is 9.84 Å². The van der Waals surface area contributed by atoms with Crippen molar-refractivity contribution in [3.8, 4) is 5.75 Å². The Labute approximate surface area is 149 Å². The van der Waals surface area contributed by atoms with E-state index in [1.54, 1.807) is 0 Å². The van der Waals surface area contributed by atoms with Crippen LogP contribution in [0.25, 0.3) is 0 Å². The Morgan fingerprint density at radius 2 is 1.32 bits per heavy atom. The van der Waals surface area contributed by atoms with E-state index in [1.807, 2.05) is 91.9 Å². The zero-order valence-corrected chi connectivity index (χ0v) is 14.4. The number of anilines is 2. The monoisotopic (exact) mass is 333 g/mol. The zero-order chi connectivity index (χ0) is 17.5. The summed E-state index contributed by atoms with van der Waals surface area (Å²) in [6.07, 6.45) is -0.611. The molecule has 0 spiro atoms. The van der Waals surface area contributed by atoms with Crippen LogP contribution in [-0.4, -0.2) is 24.4 Å². The molecule has 1 atom stereocenters. The van der Waals surface area contributed by atoms with Gasteiger partial charge in [0.1, 0.15) is 18.5 Å². The molecular weight excluding hydrogens is 310 g/mol. The molecule has 128 valence electrons. The molecule has 0 aliphatic carbocycles. The molecule has 3 rings (SSSR count). The Balaban J connectivity index is 1.71. The standard InChI is InChI=1S/C22H23NO2/c1-18-10-8-9-15-22(18)25-17-21(24)16-23(19-11-4-2-5-12-19)20-13-6-3-7-14-20/h2-15,21,24H,16-17H2,1H3. The van der Waals surface area contributed by atoms with Crippen LogP contribution in [0.1, 0.15) is 5.56 Å². The number of ether oxygens (including phenoxy) is 1. The summed E-state index contributed by atoms with van der Waals surface area (Å²) in [6.45, 7) is 2.71. The summed E-state index contributed by atoms with van der Waals surface area (Å²) in [4.78, 5) is 2.10. The number of hydrogen-bond donors (Lipinski definition) is 1. The summed E-state index contributed by atoms with van der Waals surface area (Å²) in [5, 5.41) is 10.5. The van der Waals surface area contributed by atoms with E-state index in [9.17, 15) is 5.11 Å². The van der Waals surface area contributed by atoms with Crippen LogP contribution in [0.2, 0.25) is 0 Å². The quantitative estimate of drug-likeness (QED) is 0.687. The largest absolute Gasteiger partial charge is 0.491 e. The van der Waals surface area contributed by atoms with E-state index in [0.29, 0.717) is 6.54 Å². The summed E-state index contributed by atoms with van der Waals surface area (Å²) < 4.78 is 5.79. The second-order valence-electron chi connectivity index (χ2n) is 6.01. The minimum atomic E-state index is -0.611. The van der Waals surface area contributed by atoms with E-state index < -0.39 is 6.10 Å². The number of rotatable bonds is 7. The third kappa shape index (κ3) is 4.61. The summed E-state index contributed by atoms with van der Waals surface area (Å²) in [5.74, 6) is 0.813. The maximum absolute atomic E-state index is 10.5. The van der Waals surface area contributed by atoms with Crippen LogP contribution in [0.5, 0.6) is 5.75 Å². The Morgan fingerprint density at radius 3 is 1.88 bits per heavy atom. The maximum Gasteiger partial charge on any atom is 0.122 e. The predicted octanol–water partition coefficient (Wildman–Crippen LogP) is 4.57. The van der Waals surface area contributed by atoms with Crippen molar-refractivity contribution in [2.75, 3.05) is 18.1 Å². The van der Waals surface area contributed by atoms with E-state index in [2.05, 4.69) is 4.90 Å². The number of hydrogen-bond acceptors (Lipinski definition) is 3. The average molecular weight is 333 g/mol. The molecule has 3 aromatic rings. The maximum atomic E-state index is 10.5. The van der Waals surface area contributed by atoms with E-state index >= 15 is 0 Å². The fourth-order valence-electron chi connectivity index (χ4n) is 2.74. The average Bonchev–Trinajstić information content (AvgIpc) is 2.67. The van der Waals surface area contributed by atoms with E-state index in [-0.39, 0.29) is 6.61 Å². The highest BCUT2D eigenvalue weighted by molar-refractivity contribution is 5.63. The lowest BCUT2D eigenvalue weighted by Gasteiger charge is -2.27. The zero-order valence-electron chi connectivity index (χ0n) is 14.4. The van der Waals surface area contributed by atoms with Crippen molar-refractivity contribution in [3.05, 3.63) is 90.5 Å². The molecule has 3 aromatic carbocycles. The minimum absolute atomic E-state index is 0.251. The first-order valence-corrected chi connectivity index (χ1v) is 8.48. The highest BCUT2D eigenvalue weighted by Crippen LogP contribution is 2.25. The number of nitrogens with zero attached hydrogens (tertiary/aromatic N) is 1. The lowest BCUT2D eigenvalue weighted by molar-refractivity contribution is 0.113. The Kier molecular flexibility index (Phi) is 5.70. The molecule has 0 bridgehead atoms. The molecule has 1 N–H and O–H groups in total. The van der Waals surface area contributed by atoms with Crippen molar-refractivity contribution in [2.24, 2.45) is 0 Å². The molecule has 3 heteroatoms. The van der Waals surface area contributed by atoms with E-state index in [4.69, 9.17) is 4.74 Å². The third-order valence-corrected chi connectivity index (χ3v) is 4.05. The molecule has 0 aliphatic rings. The van der Waals surface area contributed by atoms with Gasteiger partial charge in [-0.2, -0.15) is 0 Å². The van der Waals surface area contributed by atoms with Gasteiger partial charge in [-0.3, -0.25) is 0 Å². The van der Waals surface area contributed by atoms with Crippen LogP contribution in [0.15, 0.2) is 84.9 Å². The Hall–Kier alpha value is -2.78. The first-order valence-electron chi connectivity index (χ1n) is 8.48. The van der Waals surface area contributed by atoms with E-state index in [1.165, 1.54) is 0 Å². The van der Waals surface area contributed by atoms with Gasteiger partial charge in [0.2, 0.25) is 0 Å². The Morgan fingerprint density at radius 1 is 0.800 bits per heavy atom. The fraction of sp³-hybridized carbons (Fsp3) is 0.182. The smallest absolute Gasteiger partial charge is 0.122 e. The molecule has 0 saturated carbocycles. The van der Waals surface area contributed by atoms with Crippen molar-refractivity contribution in [3.63, 3.8) is 0 Å². The summed E-state index contributed by atoms with van der Waals surface area (Å²) >= 11 is 0. The van der Waals surface area contributed by atoms with Gasteiger partial charge in [-0.05, 0) is 42.8 Å². The van der Waals surface area contributed by atoms with Crippen molar-refractivity contribution in [2.45, 2.75) is 13.0 Å². The van der Waals surface area contributed by atoms with Crippen LogP contribution in [0.4, 0.5) is 11.4 Å². The summed E-state index contributed by atoms with van der Waals surface area (Å²) in [5.41, 5.74) is 3.16. The van der Waals surface area contributed by atoms with Crippen LogP contribution >= 0.6 is 0 Å². The molecule has 0 radical (unpaired) electrons. The van der Waals surface area contributed by atoms with Gasteiger partial charge in [0, 0.05) is 11.4 Å². The van der Waals surface area contributed by atoms with Crippen LogP contribution < -0.4 is 9.64 Å². The van der Waals surface area contributed by atoms with Crippen LogP contribution in [-0.2, 0) is 0 Å². The van der Waals surface area contributed by atoms with Crippen molar-refractivity contribution >= 4 is 11.4 Å². The van der Waals surface area contributed by atoms with Crippen molar-refractivity contribution in [1.82, 2.24) is 0 Å². The van der Waals surface area contributed by atoms with Gasteiger partial charge < -0.3 is 14.7 Å². The van der Waals surface area contributed by atoms with Crippen molar-refractivity contribution in [1.29, 1.82) is 0 Å². The molecule has 3 nitrogen and oxygen atoms in total.